The van der Waals surface area contributed by atoms with Crippen molar-refractivity contribution in [2.75, 3.05) is 17.1 Å². The summed E-state index contributed by atoms with van der Waals surface area (Å²) in [6.07, 6.45) is 9.26. The van der Waals surface area contributed by atoms with Crippen LogP contribution in [0.4, 0.5) is 5.69 Å². The highest BCUT2D eigenvalue weighted by atomic mass is 35.5. The Labute approximate surface area is 163 Å². The van der Waals surface area contributed by atoms with Crippen LogP contribution in [0, 0.1) is 5.92 Å². The van der Waals surface area contributed by atoms with Crippen LogP contribution in [0.5, 0.6) is 0 Å². The van der Waals surface area contributed by atoms with Gasteiger partial charge in [0.15, 0.2) is 0 Å². The molecule has 1 aliphatic carbocycles. The number of benzene rings is 1. The fourth-order valence-corrected chi connectivity index (χ4v) is 3.62. The number of aromatic amines is 1. The maximum absolute atomic E-state index is 12.4. The summed E-state index contributed by atoms with van der Waals surface area (Å²) in [4.78, 5) is 20.2. The second-order valence-electron chi connectivity index (χ2n) is 6.50. The summed E-state index contributed by atoms with van der Waals surface area (Å²) in [6, 6.07) is 7.72. The Morgan fingerprint density at radius 2 is 1.81 bits per heavy atom. The van der Waals surface area contributed by atoms with Crippen LogP contribution < -0.4 is 16.0 Å². The van der Waals surface area contributed by atoms with Crippen LogP contribution in [0.1, 0.15) is 32.1 Å². The fraction of sp³-hybridized carbons (Fsp3) is 0.400. The van der Waals surface area contributed by atoms with Crippen molar-refractivity contribution in [3.8, 4) is 11.4 Å². The third-order valence-electron chi connectivity index (χ3n) is 4.71. The number of hydrogen-bond acceptors (Lipinski definition) is 2. The van der Waals surface area contributed by atoms with E-state index in [1.165, 1.54) is 6.42 Å². The SMILES string of the molecule is O=C(Nc1ccc(-c2nc(=C/CCl)/c(=C\CCl)[nH]2)cc1)C1CCCCC1. The van der Waals surface area contributed by atoms with E-state index in [0.717, 1.165) is 53.5 Å². The molecule has 0 unspecified atom stereocenters. The van der Waals surface area contributed by atoms with Crippen molar-refractivity contribution in [1.29, 1.82) is 0 Å². The van der Waals surface area contributed by atoms with E-state index < -0.39 is 0 Å². The Kier molecular flexibility index (Phi) is 6.75. The largest absolute Gasteiger partial charge is 0.338 e. The highest BCUT2D eigenvalue weighted by molar-refractivity contribution is 6.21. The molecule has 1 aromatic carbocycles. The van der Waals surface area contributed by atoms with Crippen molar-refractivity contribution in [2.45, 2.75) is 32.1 Å². The number of anilines is 1. The van der Waals surface area contributed by atoms with Gasteiger partial charge in [-0.15, -0.1) is 23.2 Å². The predicted octanol–water partition coefficient (Wildman–Crippen LogP) is 3.63. The molecule has 1 heterocycles. The molecular formula is C20H23Cl2N3O. The van der Waals surface area contributed by atoms with E-state index in [1.54, 1.807) is 0 Å². The highest BCUT2D eigenvalue weighted by Crippen LogP contribution is 2.25. The number of H-pyrrole nitrogens is 1. The Morgan fingerprint density at radius 1 is 1.12 bits per heavy atom. The summed E-state index contributed by atoms with van der Waals surface area (Å²) < 4.78 is 0. The lowest BCUT2D eigenvalue weighted by Gasteiger charge is -2.20. The van der Waals surface area contributed by atoms with Crippen LogP contribution in [0.3, 0.4) is 0 Å². The minimum atomic E-state index is 0.133. The highest BCUT2D eigenvalue weighted by Gasteiger charge is 2.20. The van der Waals surface area contributed by atoms with E-state index >= 15 is 0 Å². The second kappa shape index (κ2) is 9.24. The first-order chi connectivity index (χ1) is 12.7. The topological polar surface area (TPSA) is 57.8 Å². The number of imidazole rings is 1. The van der Waals surface area contributed by atoms with Crippen LogP contribution in [-0.4, -0.2) is 27.6 Å². The van der Waals surface area contributed by atoms with Crippen molar-refractivity contribution < 1.29 is 4.79 Å². The number of nitrogens with zero attached hydrogens (tertiary/aromatic N) is 1. The van der Waals surface area contributed by atoms with Gasteiger partial charge in [-0.2, -0.15) is 0 Å². The molecule has 1 amide bonds. The number of carbonyl (C=O) groups is 1. The van der Waals surface area contributed by atoms with Crippen molar-refractivity contribution >= 4 is 46.9 Å². The average Bonchev–Trinajstić information content (AvgIpc) is 3.06. The van der Waals surface area contributed by atoms with E-state index in [1.807, 2.05) is 36.4 Å². The molecule has 1 aromatic heterocycles. The summed E-state index contributed by atoms with van der Waals surface area (Å²) >= 11 is 11.6. The van der Waals surface area contributed by atoms with Crippen LogP contribution >= 0.6 is 23.2 Å². The lowest BCUT2D eigenvalue weighted by molar-refractivity contribution is -0.120. The lowest BCUT2D eigenvalue weighted by Crippen LogP contribution is -2.24. The van der Waals surface area contributed by atoms with Gasteiger partial charge in [-0.05, 0) is 49.3 Å². The molecule has 0 saturated heterocycles. The van der Waals surface area contributed by atoms with E-state index in [2.05, 4.69) is 15.3 Å². The fourth-order valence-electron chi connectivity index (χ4n) is 3.32. The van der Waals surface area contributed by atoms with Gasteiger partial charge < -0.3 is 10.3 Å². The zero-order valence-electron chi connectivity index (χ0n) is 14.6. The van der Waals surface area contributed by atoms with Gasteiger partial charge in [-0.25, -0.2) is 4.98 Å². The Hall–Kier alpha value is -1.78. The molecule has 2 N–H and O–H groups in total. The van der Waals surface area contributed by atoms with Gasteiger partial charge in [-0.3, -0.25) is 4.79 Å². The molecule has 0 atom stereocenters. The van der Waals surface area contributed by atoms with Crippen molar-refractivity contribution in [2.24, 2.45) is 5.92 Å². The monoisotopic (exact) mass is 391 g/mol. The number of aromatic nitrogens is 2. The molecule has 6 heteroatoms. The molecule has 2 aromatic rings. The molecule has 3 rings (SSSR count). The number of rotatable bonds is 5. The Morgan fingerprint density at radius 3 is 2.46 bits per heavy atom. The molecule has 0 radical (unpaired) electrons. The number of amides is 1. The van der Waals surface area contributed by atoms with Crippen LogP contribution in [0.25, 0.3) is 23.5 Å². The van der Waals surface area contributed by atoms with Crippen LogP contribution in [0.2, 0.25) is 0 Å². The number of carbonyl (C=O) groups excluding carboxylic acids is 1. The van der Waals surface area contributed by atoms with Crippen molar-refractivity contribution in [1.82, 2.24) is 9.97 Å². The minimum Gasteiger partial charge on any atom is -0.338 e. The van der Waals surface area contributed by atoms with Crippen LogP contribution in [-0.2, 0) is 4.79 Å². The minimum absolute atomic E-state index is 0.133. The first-order valence-electron chi connectivity index (χ1n) is 9.01. The number of nitrogens with one attached hydrogen (secondary N) is 2. The molecule has 0 spiro atoms. The Balaban J connectivity index is 1.75. The smallest absolute Gasteiger partial charge is 0.227 e. The van der Waals surface area contributed by atoms with Crippen molar-refractivity contribution in [3.63, 3.8) is 0 Å². The van der Waals surface area contributed by atoms with Gasteiger partial charge in [0, 0.05) is 28.9 Å². The molecule has 138 valence electrons. The summed E-state index contributed by atoms with van der Waals surface area (Å²) in [5.74, 6) is 1.82. The first-order valence-corrected chi connectivity index (χ1v) is 10.1. The predicted molar refractivity (Wildman–Crippen MR) is 109 cm³/mol. The number of hydrogen-bond donors (Lipinski definition) is 2. The first kappa shape index (κ1) is 19.0. The average molecular weight is 392 g/mol. The zero-order valence-corrected chi connectivity index (χ0v) is 16.1. The van der Waals surface area contributed by atoms with Gasteiger partial charge >= 0.3 is 0 Å². The van der Waals surface area contributed by atoms with Gasteiger partial charge in [-0.1, -0.05) is 19.3 Å². The molecule has 0 bridgehead atoms. The lowest BCUT2D eigenvalue weighted by atomic mass is 9.88. The quantitative estimate of drug-likeness (QED) is 0.764. The van der Waals surface area contributed by atoms with E-state index in [-0.39, 0.29) is 11.8 Å². The molecule has 0 aliphatic heterocycles. The van der Waals surface area contributed by atoms with Crippen molar-refractivity contribution in [3.05, 3.63) is 35.0 Å². The molecule has 1 saturated carbocycles. The second-order valence-corrected chi connectivity index (χ2v) is 7.12. The molecule has 1 fully saturated rings. The van der Waals surface area contributed by atoms with Gasteiger partial charge in [0.2, 0.25) is 5.91 Å². The van der Waals surface area contributed by atoms with Gasteiger partial charge in [0.25, 0.3) is 0 Å². The Bertz CT molecular complexity index is 819. The van der Waals surface area contributed by atoms with E-state index in [4.69, 9.17) is 23.2 Å². The molecule has 26 heavy (non-hydrogen) atoms. The number of halogens is 2. The summed E-state index contributed by atoms with van der Waals surface area (Å²) in [7, 11) is 0. The summed E-state index contributed by atoms with van der Waals surface area (Å²) in [6.45, 7) is 0. The third kappa shape index (κ3) is 4.68. The maximum atomic E-state index is 12.4. The third-order valence-corrected chi connectivity index (χ3v) is 5.02. The zero-order chi connectivity index (χ0) is 18.4. The summed E-state index contributed by atoms with van der Waals surface area (Å²) in [5.41, 5.74) is 1.76. The van der Waals surface area contributed by atoms with Gasteiger partial charge in [0.1, 0.15) is 5.82 Å². The molecule has 1 aliphatic rings. The van der Waals surface area contributed by atoms with Crippen LogP contribution in [0.15, 0.2) is 24.3 Å². The van der Waals surface area contributed by atoms with E-state index in [0.29, 0.717) is 11.8 Å². The standard InChI is InChI=1S/C20H23Cl2N3O/c21-12-10-17-18(11-13-22)25-19(24-17)14-6-8-16(9-7-14)23-20(26)15-4-2-1-3-5-15/h6-11,15H,1-5,12-13H2,(H,23,26)(H,24,25)/b17-10+,18-11+. The number of alkyl halides is 2. The molecular weight excluding hydrogens is 369 g/mol. The maximum Gasteiger partial charge on any atom is 0.227 e. The van der Waals surface area contributed by atoms with Gasteiger partial charge in [0.05, 0.1) is 10.7 Å². The normalized spacial score (nSPS) is 16.8. The van der Waals surface area contributed by atoms with E-state index in [9.17, 15) is 4.79 Å². The molecule has 4 nitrogen and oxygen atoms in total. The summed E-state index contributed by atoms with van der Waals surface area (Å²) in [5, 5.41) is 4.69.